The van der Waals surface area contributed by atoms with Gasteiger partial charge >= 0.3 is 5.97 Å². The van der Waals surface area contributed by atoms with Crippen molar-refractivity contribution < 1.29 is 24.2 Å². The van der Waals surface area contributed by atoms with Gasteiger partial charge in [-0.1, -0.05) is 24.3 Å². The number of carbonyl (C=O) groups excluding carboxylic acids is 2. The standard InChI is InChI=1S/C22H22N2O5/c1-13(25)29-12-14-3-5-15(6-4-14)16-7-17-10-23-19-9-20(26)21(28-2)8-18(19)22(27)24(17)11-16/h3-6,8-9,11,17,23,26H,7,10,12H2,1-2H3. The second-order valence-corrected chi connectivity index (χ2v) is 7.15. The number of phenolic OH excluding ortho intramolecular Hbond substituents is 1. The maximum atomic E-state index is 13.1. The maximum absolute atomic E-state index is 13.1. The summed E-state index contributed by atoms with van der Waals surface area (Å²) in [6, 6.07) is 10.9. The van der Waals surface area contributed by atoms with E-state index in [1.54, 1.807) is 11.0 Å². The predicted molar refractivity (Wildman–Crippen MR) is 108 cm³/mol. The number of rotatable bonds is 4. The lowest BCUT2D eigenvalue weighted by atomic mass is 10.0. The number of nitrogens with one attached hydrogen (secondary N) is 1. The van der Waals surface area contributed by atoms with Crippen molar-refractivity contribution in [1.82, 2.24) is 4.90 Å². The van der Waals surface area contributed by atoms with E-state index in [-0.39, 0.29) is 36.0 Å². The fourth-order valence-corrected chi connectivity index (χ4v) is 3.69. The molecule has 0 radical (unpaired) electrons. The van der Waals surface area contributed by atoms with Crippen LogP contribution >= 0.6 is 0 Å². The van der Waals surface area contributed by atoms with Crippen LogP contribution in [0.4, 0.5) is 5.69 Å². The Labute approximate surface area is 168 Å². The Kier molecular flexibility index (Phi) is 4.88. The SMILES string of the molecule is COc1cc2c(cc1O)NCC1CC(c3ccc(COC(C)=O)cc3)=CN1C2=O. The van der Waals surface area contributed by atoms with Crippen molar-refractivity contribution in [3.63, 3.8) is 0 Å². The molecule has 7 nitrogen and oxygen atoms in total. The quantitative estimate of drug-likeness (QED) is 0.775. The van der Waals surface area contributed by atoms with E-state index in [2.05, 4.69) is 5.32 Å². The fraction of sp³-hybridized carbons (Fsp3) is 0.273. The highest BCUT2D eigenvalue weighted by molar-refractivity contribution is 6.03. The van der Waals surface area contributed by atoms with E-state index in [1.165, 1.54) is 20.1 Å². The van der Waals surface area contributed by atoms with Gasteiger partial charge in [-0.25, -0.2) is 0 Å². The van der Waals surface area contributed by atoms with Crippen LogP contribution < -0.4 is 10.1 Å². The van der Waals surface area contributed by atoms with Crippen LogP contribution in [-0.2, 0) is 16.1 Å². The molecule has 0 fully saturated rings. The minimum Gasteiger partial charge on any atom is -0.504 e. The summed E-state index contributed by atoms with van der Waals surface area (Å²) in [4.78, 5) is 25.8. The monoisotopic (exact) mass is 394 g/mol. The number of hydrogen-bond donors (Lipinski definition) is 2. The second kappa shape index (κ2) is 7.50. The summed E-state index contributed by atoms with van der Waals surface area (Å²) in [6.07, 6.45) is 2.61. The number of carbonyl (C=O) groups is 2. The number of ether oxygens (including phenoxy) is 2. The van der Waals surface area contributed by atoms with Crippen LogP contribution in [0.5, 0.6) is 11.5 Å². The highest BCUT2D eigenvalue weighted by atomic mass is 16.5. The zero-order chi connectivity index (χ0) is 20.5. The summed E-state index contributed by atoms with van der Waals surface area (Å²) in [6.45, 7) is 2.21. The van der Waals surface area contributed by atoms with Crippen molar-refractivity contribution in [1.29, 1.82) is 0 Å². The van der Waals surface area contributed by atoms with Crippen molar-refractivity contribution in [2.75, 3.05) is 19.0 Å². The lowest BCUT2D eigenvalue weighted by Crippen LogP contribution is -2.34. The zero-order valence-electron chi connectivity index (χ0n) is 16.3. The smallest absolute Gasteiger partial charge is 0.302 e. The Morgan fingerprint density at radius 2 is 2.03 bits per heavy atom. The highest BCUT2D eigenvalue weighted by Crippen LogP contribution is 2.38. The Morgan fingerprint density at radius 1 is 1.28 bits per heavy atom. The minimum absolute atomic E-state index is 0.00122. The molecule has 0 saturated heterocycles. The Balaban J connectivity index is 1.58. The second-order valence-electron chi connectivity index (χ2n) is 7.15. The molecule has 29 heavy (non-hydrogen) atoms. The Morgan fingerprint density at radius 3 is 2.72 bits per heavy atom. The Bertz CT molecular complexity index is 997. The number of methoxy groups -OCH3 is 1. The molecular formula is C22H22N2O5. The van der Waals surface area contributed by atoms with Crippen LogP contribution in [0.2, 0.25) is 0 Å². The highest BCUT2D eigenvalue weighted by Gasteiger charge is 2.34. The van der Waals surface area contributed by atoms with Gasteiger partial charge in [0.25, 0.3) is 5.91 Å². The normalized spacial score (nSPS) is 17.6. The van der Waals surface area contributed by atoms with Gasteiger partial charge in [0, 0.05) is 25.7 Å². The number of amides is 1. The number of nitrogens with zero attached hydrogens (tertiary/aromatic N) is 1. The van der Waals surface area contributed by atoms with Crippen LogP contribution in [0.1, 0.15) is 34.8 Å². The van der Waals surface area contributed by atoms with Crippen LogP contribution in [0.15, 0.2) is 42.6 Å². The van der Waals surface area contributed by atoms with Gasteiger partial charge in [-0.3, -0.25) is 9.59 Å². The van der Waals surface area contributed by atoms with Gasteiger partial charge in [-0.15, -0.1) is 0 Å². The number of esters is 1. The van der Waals surface area contributed by atoms with Gasteiger partial charge in [-0.05, 0) is 29.2 Å². The fourth-order valence-electron chi connectivity index (χ4n) is 3.69. The van der Waals surface area contributed by atoms with Crippen molar-refractivity contribution >= 4 is 23.1 Å². The van der Waals surface area contributed by atoms with E-state index in [0.717, 1.165) is 23.1 Å². The van der Waals surface area contributed by atoms with Crippen LogP contribution in [0.25, 0.3) is 5.57 Å². The summed E-state index contributed by atoms with van der Waals surface area (Å²) < 4.78 is 10.2. The molecule has 150 valence electrons. The first-order chi connectivity index (χ1) is 14.0. The molecule has 2 aromatic rings. The van der Waals surface area contributed by atoms with Gasteiger partial charge in [0.2, 0.25) is 0 Å². The molecule has 0 aromatic heterocycles. The molecule has 1 unspecified atom stereocenters. The van der Waals surface area contributed by atoms with E-state index >= 15 is 0 Å². The molecule has 0 aliphatic carbocycles. The van der Waals surface area contributed by atoms with Gasteiger partial charge in [0.05, 0.1) is 24.4 Å². The lowest BCUT2D eigenvalue weighted by Gasteiger charge is -2.20. The summed E-state index contributed by atoms with van der Waals surface area (Å²) in [5, 5.41) is 13.3. The van der Waals surface area contributed by atoms with Crippen molar-refractivity contribution in [3.05, 3.63) is 59.3 Å². The first-order valence-corrected chi connectivity index (χ1v) is 9.37. The maximum Gasteiger partial charge on any atom is 0.302 e. The van der Waals surface area contributed by atoms with Crippen molar-refractivity contribution in [2.45, 2.75) is 26.0 Å². The molecule has 1 atom stereocenters. The van der Waals surface area contributed by atoms with Crippen LogP contribution in [-0.4, -0.2) is 41.6 Å². The number of phenols is 1. The van der Waals surface area contributed by atoms with Crippen LogP contribution in [0, 0.1) is 0 Å². The third-order valence-electron chi connectivity index (χ3n) is 5.22. The summed E-state index contributed by atoms with van der Waals surface area (Å²) in [5.74, 6) is -0.172. The molecule has 2 heterocycles. The molecule has 2 N–H and O–H groups in total. The van der Waals surface area contributed by atoms with Crippen molar-refractivity contribution in [3.8, 4) is 11.5 Å². The van der Waals surface area contributed by atoms with E-state index in [9.17, 15) is 14.7 Å². The molecule has 0 saturated carbocycles. The number of anilines is 1. The van der Waals surface area contributed by atoms with E-state index in [4.69, 9.17) is 9.47 Å². The number of hydrogen-bond acceptors (Lipinski definition) is 6. The molecule has 0 spiro atoms. The minimum atomic E-state index is -0.309. The molecule has 7 heteroatoms. The first kappa shape index (κ1) is 18.9. The van der Waals surface area contributed by atoms with Gasteiger partial charge < -0.3 is 24.8 Å². The number of aromatic hydroxyl groups is 1. The summed E-state index contributed by atoms with van der Waals surface area (Å²) in [7, 11) is 1.46. The average Bonchev–Trinajstić information content (AvgIpc) is 3.10. The summed E-state index contributed by atoms with van der Waals surface area (Å²) in [5.41, 5.74) is 4.08. The van der Waals surface area contributed by atoms with Crippen LogP contribution in [0.3, 0.4) is 0 Å². The number of benzene rings is 2. The summed E-state index contributed by atoms with van der Waals surface area (Å²) >= 11 is 0. The van der Waals surface area contributed by atoms with E-state index in [1.807, 2.05) is 30.5 Å². The van der Waals surface area contributed by atoms with E-state index in [0.29, 0.717) is 17.8 Å². The topological polar surface area (TPSA) is 88.1 Å². The first-order valence-electron chi connectivity index (χ1n) is 9.37. The van der Waals surface area contributed by atoms with Gasteiger partial charge in [0.1, 0.15) is 6.61 Å². The largest absolute Gasteiger partial charge is 0.504 e. The molecular weight excluding hydrogens is 372 g/mol. The lowest BCUT2D eigenvalue weighted by molar-refractivity contribution is -0.142. The Hall–Kier alpha value is -3.48. The zero-order valence-corrected chi connectivity index (χ0v) is 16.3. The molecule has 2 aliphatic heterocycles. The van der Waals surface area contributed by atoms with Crippen molar-refractivity contribution in [2.24, 2.45) is 0 Å². The van der Waals surface area contributed by atoms with Gasteiger partial charge in [0.15, 0.2) is 11.5 Å². The average molecular weight is 394 g/mol. The third-order valence-corrected chi connectivity index (χ3v) is 5.22. The molecule has 2 aliphatic rings. The molecule has 2 aromatic carbocycles. The third kappa shape index (κ3) is 3.63. The molecule has 4 rings (SSSR count). The molecule has 0 bridgehead atoms. The molecule has 1 amide bonds. The number of fused-ring (bicyclic) bond motifs is 2. The predicted octanol–water partition coefficient (Wildman–Crippen LogP) is 3.15. The van der Waals surface area contributed by atoms with E-state index < -0.39 is 0 Å². The van der Waals surface area contributed by atoms with Gasteiger partial charge in [-0.2, -0.15) is 0 Å².